The molecule has 3 aromatic carbocycles. The van der Waals surface area contributed by atoms with E-state index in [1.165, 1.54) is 11.1 Å². The molecule has 2 bridgehead atoms. The lowest BCUT2D eigenvalue weighted by Gasteiger charge is -2.60. The minimum atomic E-state index is -3.93. The molecule has 0 N–H and O–H groups in total. The monoisotopic (exact) mass is 517 g/mol. The Bertz CT molecular complexity index is 1260. The normalized spacial score (nSPS) is 27.9. The molecule has 0 aliphatic heterocycles. The van der Waals surface area contributed by atoms with Gasteiger partial charge in [-0.05, 0) is 79.4 Å². The summed E-state index contributed by atoms with van der Waals surface area (Å²) in [4.78, 5) is 2.54. The number of hydrogen-bond donors (Lipinski definition) is 0. The summed E-state index contributed by atoms with van der Waals surface area (Å²) in [5.74, 6) is 0.481. The Morgan fingerprint density at radius 3 is 1.68 bits per heavy atom. The molecule has 4 nitrogen and oxygen atoms in total. The van der Waals surface area contributed by atoms with Gasteiger partial charge in [-0.25, -0.2) is 0 Å². The molecule has 1 unspecified atom stereocenters. The number of rotatable bonds is 6. The van der Waals surface area contributed by atoms with Crippen molar-refractivity contribution >= 4 is 10.1 Å². The van der Waals surface area contributed by atoms with Crippen molar-refractivity contribution in [2.24, 2.45) is 5.92 Å². The lowest BCUT2D eigenvalue weighted by atomic mass is 9.52. The van der Waals surface area contributed by atoms with Crippen molar-refractivity contribution in [2.75, 3.05) is 14.1 Å². The molecule has 0 radical (unpaired) electrons. The van der Waals surface area contributed by atoms with Gasteiger partial charge in [-0.1, -0.05) is 93.6 Å². The summed E-state index contributed by atoms with van der Waals surface area (Å²) in [5.41, 5.74) is 3.43. The molecule has 6 rings (SSSR count). The predicted molar refractivity (Wildman–Crippen MR) is 149 cm³/mol. The standard InChI is InChI=1S/C32H39NO3S/c1-31(2,3)25-16-18-26(19-17-25)37(34,35)36-29-22-32(33(4)5)20-27(23-12-8-6-9-13-23)30(29)28(21-32)24-14-10-7-11-15-24/h6-19,27-30H,20-22H2,1-5H3/t27-,28-,29?,30?,32?/m0/s1. The Hall–Kier alpha value is -2.47. The Labute approximate surface area is 222 Å². The molecule has 3 aromatic rings. The van der Waals surface area contributed by atoms with Crippen LogP contribution in [0.2, 0.25) is 0 Å². The average molecular weight is 518 g/mol. The van der Waals surface area contributed by atoms with Gasteiger partial charge in [-0.15, -0.1) is 0 Å². The molecule has 0 heterocycles. The molecule has 3 aliphatic carbocycles. The van der Waals surface area contributed by atoms with Crippen LogP contribution in [0.3, 0.4) is 0 Å². The van der Waals surface area contributed by atoms with E-state index < -0.39 is 16.2 Å². The summed E-state index contributed by atoms with van der Waals surface area (Å²) >= 11 is 0. The molecule has 3 atom stereocenters. The fourth-order valence-electron chi connectivity index (χ4n) is 6.72. The van der Waals surface area contributed by atoms with Crippen LogP contribution in [-0.4, -0.2) is 39.1 Å². The van der Waals surface area contributed by atoms with Gasteiger partial charge in [0, 0.05) is 11.5 Å². The van der Waals surface area contributed by atoms with Crippen LogP contribution in [0.25, 0.3) is 0 Å². The van der Waals surface area contributed by atoms with Crippen LogP contribution in [0, 0.1) is 5.92 Å². The van der Waals surface area contributed by atoms with E-state index in [0.717, 1.165) is 18.4 Å². The second kappa shape index (κ2) is 9.68. The van der Waals surface area contributed by atoms with Gasteiger partial charge in [0.15, 0.2) is 0 Å². The highest BCUT2D eigenvalue weighted by molar-refractivity contribution is 7.86. The molecule has 3 aliphatic rings. The summed E-state index contributed by atoms with van der Waals surface area (Å²) in [6, 6.07) is 28.4. The van der Waals surface area contributed by atoms with Crippen molar-refractivity contribution in [3.8, 4) is 0 Å². The van der Waals surface area contributed by atoms with Crippen molar-refractivity contribution in [1.82, 2.24) is 4.90 Å². The van der Waals surface area contributed by atoms with Gasteiger partial charge < -0.3 is 4.90 Å². The summed E-state index contributed by atoms with van der Waals surface area (Å²) in [6.45, 7) is 6.37. The first-order valence-electron chi connectivity index (χ1n) is 13.3. The Balaban J connectivity index is 1.56. The van der Waals surface area contributed by atoms with Gasteiger partial charge in [0.2, 0.25) is 0 Å². The molecule has 3 fully saturated rings. The second-order valence-electron chi connectivity index (χ2n) is 12.2. The highest BCUT2D eigenvalue weighted by Crippen LogP contribution is 2.60. The van der Waals surface area contributed by atoms with Crippen molar-refractivity contribution in [3.05, 3.63) is 102 Å². The Morgan fingerprint density at radius 1 is 0.757 bits per heavy atom. The van der Waals surface area contributed by atoms with Crippen LogP contribution in [0.5, 0.6) is 0 Å². The quantitative estimate of drug-likeness (QED) is 0.340. The zero-order valence-electron chi connectivity index (χ0n) is 22.6. The van der Waals surface area contributed by atoms with E-state index in [0.29, 0.717) is 6.42 Å². The first-order chi connectivity index (χ1) is 17.5. The van der Waals surface area contributed by atoms with Crippen LogP contribution in [0.4, 0.5) is 0 Å². The number of fused-ring (bicyclic) bond motifs is 3. The SMILES string of the molecule is CN(C)C12CC(OS(=O)(=O)c3ccc(C(C)(C)C)cc3)C([C@H](c3ccccc3)C1)[C@H](c1ccccc1)C2. The van der Waals surface area contributed by atoms with Crippen molar-refractivity contribution in [1.29, 1.82) is 0 Å². The molecule has 37 heavy (non-hydrogen) atoms. The van der Waals surface area contributed by atoms with Crippen molar-refractivity contribution < 1.29 is 12.6 Å². The maximum atomic E-state index is 13.7. The fourth-order valence-corrected chi connectivity index (χ4v) is 7.82. The van der Waals surface area contributed by atoms with Gasteiger partial charge in [-0.3, -0.25) is 4.18 Å². The third-order valence-electron chi connectivity index (χ3n) is 8.80. The molecule has 5 heteroatoms. The second-order valence-corrected chi connectivity index (χ2v) is 13.8. The third kappa shape index (κ3) is 5.01. The van der Waals surface area contributed by atoms with E-state index in [4.69, 9.17) is 4.18 Å². The molecule has 3 saturated carbocycles. The topological polar surface area (TPSA) is 46.6 Å². The lowest BCUT2D eigenvalue weighted by Crippen LogP contribution is -2.61. The van der Waals surface area contributed by atoms with Crippen molar-refractivity contribution in [2.45, 2.75) is 73.8 Å². The van der Waals surface area contributed by atoms with Crippen LogP contribution in [0.1, 0.15) is 68.6 Å². The van der Waals surface area contributed by atoms with E-state index in [2.05, 4.69) is 88.3 Å². The first kappa shape index (κ1) is 26.1. The third-order valence-corrected chi connectivity index (χ3v) is 10.2. The van der Waals surface area contributed by atoms with Crippen molar-refractivity contribution in [3.63, 3.8) is 0 Å². The summed E-state index contributed by atoms with van der Waals surface area (Å²) < 4.78 is 33.6. The number of benzene rings is 3. The largest absolute Gasteiger partial charge is 0.304 e. The van der Waals surface area contributed by atoms with E-state index >= 15 is 0 Å². The molecule has 196 valence electrons. The Morgan fingerprint density at radius 2 is 1.24 bits per heavy atom. The van der Waals surface area contributed by atoms with Crippen LogP contribution in [-0.2, 0) is 19.7 Å². The maximum Gasteiger partial charge on any atom is 0.297 e. The van der Waals surface area contributed by atoms with Crippen LogP contribution in [0.15, 0.2) is 89.8 Å². The van der Waals surface area contributed by atoms with Gasteiger partial charge in [0.05, 0.1) is 11.0 Å². The molecule has 0 spiro atoms. The van der Waals surface area contributed by atoms with E-state index in [1.807, 2.05) is 24.3 Å². The van der Waals surface area contributed by atoms with Gasteiger partial charge in [0.1, 0.15) is 0 Å². The van der Waals surface area contributed by atoms with Crippen LogP contribution < -0.4 is 0 Å². The zero-order valence-corrected chi connectivity index (χ0v) is 23.4. The highest BCUT2D eigenvalue weighted by Gasteiger charge is 2.58. The summed E-state index contributed by atoms with van der Waals surface area (Å²) in [6.07, 6.45) is 2.29. The van der Waals surface area contributed by atoms with Gasteiger partial charge in [0.25, 0.3) is 10.1 Å². The lowest BCUT2D eigenvalue weighted by molar-refractivity contribution is -0.0784. The Kier molecular flexibility index (Phi) is 6.84. The number of hydrogen-bond acceptors (Lipinski definition) is 4. The molecule has 0 saturated heterocycles. The first-order valence-corrected chi connectivity index (χ1v) is 14.7. The van der Waals surface area contributed by atoms with E-state index in [-0.39, 0.29) is 33.6 Å². The van der Waals surface area contributed by atoms with E-state index in [9.17, 15) is 8.42 Å². The molecule has 0 amide bonds. The van der Waals surface area contributed by atoms with Crippen LogP contribution >= 0.6 is 0 Å². The summed E-state index contributed by atoms with van der Waals surface area (Å²) in [5, 5.41) is 0. The minimum Gasteiger partial charge on any atom is -0.304 e. The van der Waals surface area contributed by atoms with Gasteiger partial charge in [-0.2, -0.15) is 8.42 Å². The minimum absolute atomic E-state index is 0.0461. The fraction of sp³-hybridized carbons (Fsp3) is 0.438. The number of nitrogens with zero attached hydrogens (tertiary/aromatic N) is 1. The summed E-state index contributed by atoms with van der Waals surface area (Å²) in [7, 11) is 0.336. The molecular formula is C32H39NO3S. The van der Waals surface area contributed by atoms with E-state index in [1.54, 1.807) is 12.1 Å². The predicted octanol–water partition coefficient (Wildman–Crippen LogP) is 6.74. The average Bonchev–Trinajstić information content (AvgIpc) is 2.89. The maximum absolute atomic E-state index is 13.7. The zero-order chi connectivity index (χ0) is 26.4. The molecular weight excluding hydrogens is 478 g/mol. The molecule has 0 aromatic heterocycles. The van der Waals surface area contributed by atoms with Gasteiger partial charge >= 0.3 is 0 Å². The highest BCUT2D eigenvalue weighted by atomic mass is 32.2. The smallest absolute Gasteiger partial charge is 0.297 e.